The Hall–Kier alpha value is -1.10. The molecular formula is C14H24ClN3O. The van der Waals surface area contributed by atoms with Crippen molar-refractivity contribution in [3.8, 4) is 0 Å². The molecule has 108 valence electrons. The summed E-state index contributed by atoms with van der Waals surface area (Å²) in [6.45, 7) is 2.56. The summed E-state index contributed by atoms with van der Waals surface area (Å²) in [7, 11) is 0. The maximum absolute atomic E-state index is 11.8. The number of carbonyl (C=O) groups excluding carboxylic acids is 1. The molecule has 1 rings (SSSR count). The predicted molar refractivity (Wildman–Crippen MR) is 81.3 cm³/mol. The highest BCUT2D eigenvalue weighted by molar-refractivity contribution is 5.85. The quantitative estimate of drug-likeness (QED) is 0.705. The molecule has 0 aliphatic rings. The zero-order chi connectivity index (χ0) is 13.4. The molecule has 0 aromatic heterocycles. The van der Waals surface area contributed by atoms with Crippen molar-refractivity contribution in [1.29, 1.82) is 0 Å². The first-order chi connectivity index (χ1) is 8.63. The third kappa shape index (κ3) is 7.15. The number of halogens is 1. The van der Waals surface area contributed by atoms with E-state index < -0.39 is 6.04 Å². The first-order valence-electron chi connectivity index (χ1n) is 6.43. The van der Waals surface area contributed by atoms with E-state index in [0.717, 1.165) is 12.8 Å². The summed E-state index contributed by atoms with van der Waals surface area (Å²) in [5, 5.41) is 2.93. The fraction of sp³-hybridized carbons (Fsp3) is 0.500. The van der Waals surface area contributed by atoms with Gasteiger partial charge in [0.1, 0.15) is 0 Å². The molecule has 1 amide bonds. The molecule has 0 saturated carbocycles. The van der Waals surface area contributed by atoms with E-state index in [4.69, 9.17) is 11.5 Å². The van der Waals surface area contributed by atoms with E-state index in [9.17, 15) is 4.79 Å². The van der Waals surface area contributed by atoms with E-state index in [1.165, 1.54) is 5.56 Å². The molecule has 5 heteroatoms. The second-order valence-corrected chi connectivity index (χ2v) is 4.64. The fourth-order valence-corrected chi connectivity index (χ4v) is 1.84. The van der Waals surface area contributed by atoms with Gasteiger partial charge in [0.2, 0.25) is 5.91 Å². The Morgan fingerprint density at radius 1 is 1.32 bits per heavy atom. The lowest BCUT2D eigenvalue weighted by Crippen LogP contribution is -2.45. The zero-order valence-electron chi connectivity index (χ0n) is 11.3. The SMILES string of the molecule is C[C@@H](Cc1ccccc1)NC(=O)C(N)CCCN.Cl. The number of carbonyl (C=O) groups is 1. The summed E-state index contributed by atoms with van der Waals surface area (Å²) >= 11 is 0. The Morgan fingerprint density at radius 2 is 1.95 bits per heavy atom. The van der Waals surface area contributed by atoms with E-state index in [1.807, 2.05) is 25.1 Å². The van der Waals surface area contributed by atoms with E-state index in [0.29, 0.717) is 13.0 Å². The van der Waals surface area contributed by atoms with E-state index >= 15 is 0 Å². The summed E-state index contributed by atoms with van der Waals surface area (Å²) in [5.41, 5.74) is 12.4. The van der Waals surface area contributed by atoms with Gasteiger partial charge in [0, 0.05) is 6.04 Å². The van der Waals surface area contributed by atoms with Gasteiger partial charge in [-0.3, -0.25) is 4.79 Å². The van der Waals surface area contributed by atoms with Gasteiger partial charge in [0.05, 0.1) is 6.04 Å². The van der Waals surface area contributed by atoms with E-state index in [-0.39, 0.29) is 24.4 Å². The number of hydrogen-bond acceptors (Lipinski definition) is 3. The molecule has 0 radical (unpaired) electrons. The van der Waals surface area contributed by atoms with Crippen molar-refractivity contribution >= 4 is 18.3 Å². The topological polar surface area (TPSA) is 81.1 Å². The fourth-order valence-electron chi connectivity index (χ4n) is 1.84. The lowest BCUT2D eigenvalue weighted by Gasteiger charge is -2.17. The molecule has 2 atom stereocenters. The molecule has 0 aliphatic carbocycles. The van der Waals surface area contributed by atoms with Crippen molar-refractivity contribution in [2.24, 2.45) is 11.5 Å². The van der Waals surface area contributed by atoms with Crippen LogP contribution in [0.4, 0.5) is 0 Å². The van der Waals surface area contributed by atoms with Crippen LogP contribution in [0.5, 0.6) is 0 Å². The zero-order valence-corrected chi connectivity index (χ0v) is 12.2. The molecule has 4 nitrogen and oxygen atoms in total. The number of benzene rings is 1. The van der Waals surface area contributed by atoms with Crippen LogP contribution in [-0.4, -0.2) is 24.5 Å². The molecule has 1 aromatic carbocycles. The van der Waals surface area contributed by atoms with Gasteiger partial charge in [-0.2, -0.15) is 0 Å². The largest absolute Gasteiger partial charge is 0.352 e. The highest BCUT2D eigenvalue weighted by Crippen LogP contribution is 2.03. The average molecular weight is 286 g/mol. The molecule has 5 N–H and O–H groups in total. The van der Waals surface area contributed by atoms with Gasteiger partial charge in [-0.25, -0.2) is 0 Å². The van der Waals surface area contributed by atoms with Crippen molar-refractivity contribution in [3.63, 3.8) is 0 Å². The van der Waals surface area contributed by atoms with Crippen molar-refractivity contribution in [1.82, 2.24) is 5.32 Å². The number of rotatable bonds is 7. The number of amides is 1. The summed E-state index contributed by atoms with van der Waals surface area (Å²) in [6.07, 6.45) is 2.23. The van der Waals surface area contributed by atoms with Crippen LogP contribution in [0.1, 0.15) is 25.3 Å². The van der Waals surface area contributed by atoms with E-state index in [2.05, 4.69) is 17.4 Å². The van der Waals surface area contributed by atoms with Crippen LogP contribution >= 0.6 is 12.4 Å². The number of nitrogens with two attached hydrogens (primary N) is 2. The Kier molecular flexibility index (Phi) is 9.21. The van der Waals surface area contributed by atoms with Gasteiger partial charge in [-0.15, -0.1) is 12.4 Å². The van der Waals surface area contributed by atoms with Crippen molar-refractivity contribution in [2.45, 2.75) is 38.3 Å². The molecule has 0 saturated heterocycles. The van der Waals surface area contributed by atoms with Gasteiger partial charge in [-0.05, 0) is 38.3 Å². The van der Waals surface area contributed by atoms with Crippen molar-refractivity contribution < 1.29 is 4.79 Å². The molecule has 0 bridgehead atoms. The first-order valence-corrected chi connectivity index (χ1v) is 6.43. The van der Waals surface area contributed by atoms with Gasteiger partial charge >= 0.3 is 0 Å². The minimum absolute atomic E-state index is 0. The molecule has 19 heavy (non-hydrogen) atoms. The second-order valence-electron chi connectivity index (χ2n) is 4.64. The summed E-state index contributed by atoms with van der Waals surface area (Å²) in [5.74, 6) is -0.0909. The molecular weight excluding hydrogens is 262 g/mol. The van der Waals surface area contributed by atoms with Crippen LogP contribution in [0.25, 0.3) is 0 Å². The van der Waals surface area contributed by atoms with Crippen LogP contribution in [0.2, 0.25) is 0 Å². The van der Waals surface area contributed by atoms with Crippen LogP contribution in [0.15, 0.2) is 30.3 Å². The average Bonchev–Trinajstić information content (AvgIpc) is 2.36. The van der Waals surface area contributed by atoms with Gasteiger partial charge in [-0.1, -0.05) is 30.3 Å². The van der Waals surface area contributed by atoms with Crippen LogP contribution < -0.4 is 16.8 Å². The maximum atomic E-state index is 11.8. The highest BCUT2D eigenvalue weighted by Gasteiger charge is 2.15. The first kappa shape index (κ1) is 17.9. The molecule has 0 fully saturated rings. The predicted octanol–water partition coefficient (Wildman–Crippen LogP) is 1.22. The number of hydrogen-bond donors (Lipinski definition) is 3. The van der Waals surface area contributed by atoms with Crippen LogP contribution in [-0.2, 0) is 11.2 Å². The highest BCUT2D eigenvalue weighted by atomic mass is 35.5. The Morgan fingerprint density at radius 3 is 2.53 bits per heavy atom. The van der Waals surface area contributed by atoms with Gasteiger partial charge < -0.3 is 16.8 Å². The second kappa shape index (κ2) is 9.78. The standard InChI is InChI=1S/C14H23N3O.ClH/c1-11(10-12-6-3-2-4-7-12)17-14(18)13(16)8-5-9-15;/h2-4,6-7,11,13H,5,8-10,15-16H2,1H3,(H,17,18);1H/t11-,13?;/m0./s1. The lowest BCUT2D eigenvalue weighted by atomic mass is 10.1. The molecule has 1 aromatic rings. The summed E-state index contributed by atoms with van der Waals surface area (Å²) in [4.78, 5) is 11.8. The minimum Gasteiger partial charge on any atom is -0.352 e. The van der Waals surface area contributed by atoms with E-state index in [1.54, 1.807) is 0 Å². The normalized spacial score (nSPS) is 13.2. The van der Waals surface area contributed by atoms with Crippen molar-refractivity contribution in [3.05, 3.63) is 35.9 Å². The molecule has 0 spiro atoms. The molecule has 0 aliphatic heterocycles. The molecule has 0 heterocycles. The number of nitrogens with one attached hydrogen (secondary N) is 1. The summed E-state index contributed by atoms with van der Waals surface area (Å²) < 4.78 is 0. The smallest absolute Gasteiger partial charge is 0.237 e. The Bertz CT molecular complexity index is 359. The minimum atomic E-state index is -0.452. The summed E-state index contributed by atoms with van der Waals surface area (Å²) in [6, 6.07) is 9.72. The third-order valence-corrected chi connectivity index (χ3v) is 2.83. The van der Waals surface area contributed by atoms with Gasteiger partial charge in [0.25, 0.3) is 0 Å². The maximum Gasteiger partial charge on any atom is 0.237 e. The van der Waals surface area contributed by atoms with Crippen LogP contribution in [0, 0.1) is 0 Å². The molecule has 1 unspecified atom stereocenters. The lowest BCUT2D eigenvalue weighted by molar-refractivity contribution is -0.123. The van der Waals surface area contributed by atoms with Gasteiger partial charge in [0.15, 0.2) is 0 Å². The monoisotopic (exact) mass is 285 g/mol. The Balaban J connectivity index is 0.00000324. The Labute approximate surface area is 121 Å². The third-order valence-electron chi connectivity index (χ3n) is 2.83. The van der Waals surface area contributed by atoms with Crippen LogP contribution in [0.3, 0.4) is 0 Å². The van der Waals surface area contributed by atoms with Crippen molar-refractivity contribution in [2.75, 3.05) is 6.54 Å².